The average molecular weight is 515 g/mol. The number of amides is 2. The number of pyridine rings is 1. The van der Waals surface area contributed by atoms with Gasteiger partial charge in [-0.2, -0.15) is 0 Å². The Morgan fingerprint density at radius 1 is 1.05 bits per heavy atom. The lowest BCUT2D eigenvalue weighted by atomic mass is 10.1. The number of anilines is 2. The van der Waals surface area contributed by atoms with Gasteiger partial charge in [-0.05, 0) is 49.4 Å². The van der Waals surface area contributed by atoms with E-state index in [-0.39, 0.29) is 28.5 Å². The molecule has 4 rings (SSSR count). The molecule has 37 heavy (non-hydrogen) atoms. The van der Waals surface area contributed by atoms with Gasteiger partial charge in [-0.15, -0.1) is 0 Å². The van der Waals surface area contributed by atoms with Gasteiger partial charge >= 0.3 is 0 Å². The predicted octanol–water partition coefficient (Wildman–Crippen LogP) is 4.24. The van der Waals surface area contributed by atoms with Gasteiger partial charge in [0.25, 0.3) is 5.91 Å². The number of nitrogens with zero attached hydrogens (tertiary/aromatic N) is 2. The third-order valence-corrected chi connectivity index (χ3v) is 5.86. The Morgan fingerprint density at radius 2 is 1.78 bits per heavy atom. The number of ether oxygens (including phenoxy) is 2. The lowest BCUT2D eigenvalue weighted by Gasteiger charge is -2.31. The molecule has 0 bridgehead atoms. The summed E-state index contributed by atoms with van der Waals surface area (Å²) in [6.45, 7) is 2.95. The predicted molar refractivity (Wildman–Crippen MR) is 131 cm³/mol. The second kappa shape index (κ2) is 11.8. The molecule has 1 aromatic heterocycles. The molecule has 1 aliphatic rings. The normalized spacial score (nSPS) is 14.6. The molecular weight excluding hydrogens is 489 g/mol. The molecule has 2 N–H and O–H groups in total. The summed E-state index contributed by atoms with van der Waals surface area (Å²) in [5.41, 5.74) is 1.24. The number of halogens is 3. The average Bonchev–Trinajstić information content (AvgIpc) is 2.90. The maximum atomic E-state index is 13.5. The lowest BCUT2D eigenvalue weighted by Crippen LogP contribution is -2.47. The number of morpholine rings is 1. The van der Waals surface area contributed by atoms with Crippen LogP contribution in [0.25, 0.3) is 11.3 Å². The van der Waals surface area contributed by atoms with Gasteiger partial charge in [0.05, 0.1) is 36.2 Å². The number of nitrogens with one attached hydrogen (secondary N) is 2. The minimum atomic E-state index is -1.10. The van der Waals surface area contributed by atoms with E-state index in [9.17, 15) is 22.8 Å². The van der Waals surface area contributed by atoms with E-state index in [4.69, 9.17) is 9.47 Å². The molecule has 0 aliphatic carbocycles. The van der Waals surface area contributed by atoms with E-state index in [1.807, 2.05) is 4.90 Å². The Morgan fingerprint density at radius 3 is 2.43 bits per heavy atom. The highest BCUT2D eigenvalue weighted by molar-refractivity contribution is 6.05. The highest BCUT2D eigenvalue weighted by Crippen LogP contribution is 2.29. The van der Waals surface area contributed by atoms with Crippen molar-refractivity contribution in [2.75, 3.05) is 43.8 Å². The van der Waals surface area contributed by atoms with Crippen LogP contribution in [0.2, 0.25) is 0 Å². The van der Waals surface area contributed by atoms with Crippen LogP contribution in [0, 0.1) is 11.6 Å². The van der Waals surface area contributed by atoms with Gasteiger partial charge in [0.1, 0.15) is 17.4 Å². The number of carbonyl (C=O) groups is 2. The largest absolute Gasteiger partial charge is 0.461 e. The fourth-order valence-electron chi connectivity index (χ4n) is 3.86. The lowest BCUT2D eigenvalue weighted by molar-refractivity contribution is -0.122. The van der Waals surface area contributed by atoms with Crippen LogP contribution in [0.15, 0.2) is 54.7 Å². The van der Waals surface area contributed by atoms with E-state index in [0.717, 1.165) is 18.2 Å². The smallest absolute Gasteiger partial charge is 0.257 e. The van der Waals surface area contributed by atoms with E-state index in [1.54, 1.807) is 6.92 Å². The first-order chi connectivity index (χ1) is 17.8. The molecule has 1 saturated heterocycles. The minimum absolute atomic E-state index is 0.108. The van der Waals surface area contributed by atoms with Crippen LogP contribution < -0.4 is 15.4 Å². The molecule has 1 aliphatic heterocycles. The molecule has 11 heteroatoms. The summed E-state index contributed by atoms with van der Waals surface area (Å²) in [5.74, 6) is -2.19. The number of rotatable bonds is 8. The summed E-state index contributed by atoms with van der Waals surface area (Å²) >= 11 is 0. The van der Waals surface area contributed by atoms with Crippen molar-refractivity contribution < 1.29 is 32.2 Å². The number of hydrogen-bond donors (Lipinski definition) is 2. The van der Waals surface area contributed by atoms with E-state index < -0.39 is 30.4 Å². The Kier molecular flexibility index (Phi) is 8.36. The first-order valence-corrected chi connectivity index (χ1v) is 11.5. The second-order valence-electron chi connectivity index (χ2n) is 8.32. The van der Waals surface area contributed by atoms with Crippen LogP contribution in [0.1, 0.15) is 17.3 Å². The van der Waals surface area contributed by atoms with Gasteiger partial charge in [0.2, 0.25) is 12.8 Å². The molecule has 8 nitrogen and oxygen atoms in total. The summed E-state index contributed by atoms with van der Waals surface area (Å²) < 4.78 is 50.2. The fourth-order valence-corrected chi connectivity index (χ4v) is 3.86. The van der Waals surface area contributed by atoms with Crippen LogP contribution >= 0.6 is 0 Å². The van der Waals surface area contributed by atoms with Crippen molar-refractivity contribution in [3.05, 3.63) is 71.9 Å². The van der Waals surface area contributed by atoms with E-state index in [2.05, 4.69) is 15.6 Å². The van der Waals surface area contributed by atoms with Crippen molar-refractivity contribution in [3.63, 3.8) is 0 Å². The van der Waals surface area contributed by atoms with Gasteiger partial charge < -0.3 is 20.1 Å². The van der Waals surface area contributed by atoms with Gasteiger partial charge in [-0.1, -0.05) is 0 Å². The molecule has 2 amide bonds. The molecule has 0 spiro atoms. The maximum Gasteiger partial charge on any atom is 0.257 e. The first kappa shape index (κ1) is 26.1. The molecule has 1 atom stereocenters. The molecular formula is C26H25F3N4O4. The number of carbonyl (C=O) groups excluding carboxylic acids is 2. The molecule has 3 aromatic rings. The number of aromatic nitrogens is 1. The maximum absolute atomic E-state index is 13.5. The quantitative estimate of drug-likeness (QED) is 0.467. The van der Waals surface area contributed by atoms with Crippen molar-refractivity contribution in [1.29, 1.82) is 0 Å². The Hall–Kier alpha value is -3.96. The van der Waals surface area contributed by atoms with Crippen molar-refractivity contribution >= 4 is 23.2 Å². The van der Waals surface area contributed by atoms with Gasteiger partial charge in [0.15, 0.2) is 0 Å². The number of alkyl halides is 1. The second-order valence-corrected chi connectivity index (χ2v) is 8.32. The summed E-state index contributed by atoms with van der Waals surface area (Å²) in [4.78, 5) is 31.7. The van der Waals surface area contributed by atoms with Crippen molar-refractivity contribution in [2.45, 2.75) is 13.0 Å². The first-order valence-electron chi connectivity index (χ1n) is 11.5. The molecule has 1 fully saturated rings. The summed E-state index contributed by atoms with van der Waals surface area (Å²) in [6.07, 6.45) is 1.28. The standard InChI is InChI=1S/C26H25F3N4O4/c1-16(33-6-8-36-9-7-33)25(34)32-23-13-21(3-5-24(23)37-15-27)31-26(35)17-2-4-22(30-14-17)18-10-19(28)12-20(29)11-18/h2-5,10-14,16H,6-9,15H2,1H3,(H,31,35)(H,32,34). The summed E-state index contributed by atoms with van der Waals surface area (Å²) in [6, 6.07) is 9.92. The molecule has 1 unspecified atom stereocenters. The number of hydrogen-bond acceptors (Lipinski definition) is 6. The summed E-state index contributed by atoms with van der Waals surface area (Å²) in [7, 11) is 0. The Bertz CT molecular complexity index is 1250. The van der Waals surface area contributed by atoms with Crippen molar-refractivity contribution in [1.82, 2.24) is 9.88 Å². The van der Waals surface area contributed by atoms with Crippen LogP contribution in [-0.4, -0.2) is 60.9 Å². The monoisotopic (exact) mass is 514 g/mol. The zero-order valence-electron chi connectivity index (χ0n) is 20.0. The van der Waals surface area contributed by atoms with Crippen LogP contribution in [-0.2, 0) is 9.53 Å². The van der Waals surface area contributed by atoms with Crippen molar-refractivity contribution in [3.8, 4) is 17.0 Å². The molecule has 194 valence electrons. The number of benzene rings is 2. The Balaban J connectivity index is 1.47. The molecule has 0 saturated carbocycles. The third-order valence-electron chi connectivity index (χ3n) is 5.86. The van der Waals surface area contributed by atoms with Crippen molar-refractivity contribution in [2.24, 2.45) is 0 Å². The highest BCUT2D eigenvalue weighted by atomic mass is 19.1. The zero-order chi connectivity index (χ0) is 26.4. The van der Waals surface area contributed by atoms with Crippen LogP contribution in [0.4, 0.5) is 24.5 Å². The zero-order valence-corrected chi connectivity index (χ0v) is 20.0. The molecule has 0 radical (unpaired) electrons. The third kappa shape index (κ3) is 6.63. The van der Waals surface area contributed by atoms with Gasteiger partial charge in [0, 0.05) is 36.6 Å². The highest BCUT2D eigenvalue weighted by Gasteiger charge is 2.24. The van der Waals surface area contributed by atoms with E-state index >= 15 is 0 Å². The topological polar surface area (TPSA) is 92.8 Å². The molecule has 2 aromatic carbocycles. The van der Waals surface area contributed by atoms with E-state index in [0.29, 0.717) is 37.7 Å². The van der Waals surface area contributed by atoms with Gasteiger partial charge in [-0.25, -0.2) is 13.2 Å². The Labute approximate surface area is 211 Å². The molecule has 2 heterocycles. The van der Waals surface area contributed by atoms with Crippen LogP contribution in [0.3, 0.4) is 0 Å². The van der Waals surface area contributed by atoms with E-state index in [1.165, 1.54) is 36.5 Å². The fraction of sp³-hybridized carbons (Fsp3) is 0.269. The van der Waals surface area contributed by atoms with Crippen LogP contribution in [0.5, 0.6) is 5.75 Å². The minimum Gasteiger partial charge on any atom is -0.461 e. The summed E-state index contributed by atoms with van der Waals surface area (Å²) in [5, 5.41) is 5.43. The SMILES string of the molecule is CC(C(=O)Nc1cc(NC(=O)c2ccc(-c3cc(F)cc(F)c3)nc2)ccc1OCF)N1CCOCC1. The van der Waals surface area contributed by atoms with Gasteiger partial charge in [-0.3, -0.25) is 19.5 Å².